The van der Waals surface area contributed by atoms with Gasteiger partial charge in [-0.15, -0.1) is 0 Å². The van der Waals surface area contributed by atoms with Gasteiger partial charge in [-0.2, -0.15) is 11.8 Å². The summed E-state index contributed by atoms with van der Waals surface area (Å²) in [5, 5.41) is 3.93. The fraction of sp³-hybridized carbons (Fsp3) is 0.583. The Balaban J connectivity index is 2.17. The molecule has 0 radical (unpaired) electrons. The van der Waals surface area contributed by atoms with E-state index in [1.54, 1.807) is 0 Å². The van der Waals surface area contributed by atoms with Gasteiger partial charge in [0.25, 0.3) is 0 Å². The summed E-state index contributed by atoms with van der Waals surface area (Å²) in [6.45, 7) is 1.43. The number of thiazole rings is 1. The molecule has 1 aliphatic rings. The zero-order valence-electron chi connectivity index (χ0n) is 10.9. The maximum atomic E-state index is 11.6. The minimum atomic E-state index is -0.562. The van der Waals surface area contributed by atoms with Crippen molar-refractivity contribution in [2.75, 3.05) is 23.9 Å². The van der Waals surface area contributed by atoms with Gasteiger partial charge in [-0.3, -0.25) is 4.79 Å². The number of Topliss-reactive ketones (excluding diaryl/α,β-unsaturated/α-hetero) is 1. The molecule has 0 saturated carbocycles. The second-order valence-corrected chi connectivity index (χ2v) is 6.45. The van der Waals surface area contributed by atoms with Gasteiger partial charge in [-0.25, -0.2) is 9.78 Å². The first-order chi connectivity index (χ1) is 9.11. The number of carbonyl (C=O) groups excluding carboxylic acids is 2. The molecule has 1 N–H and O–H groups in total. The minimum Gasteiger partial charge on any atom is -0.464 e. The zero-order valence-corrected chi connectivity index (χ0v) is 12.5. The number of nitrogens with one attached hydrogen (secondary N) is 1. The van der Waals surface area contributed by atoms with E-state index in [1.807, 2.05) is 11.8 Å². The highest BCUT2D eigenvalue weighted by molar-refractivity contribution is 7.99. The molecule has 0 amide bonds. The number of carbonyl (C=O) groups is 2. The lowest BCUT2D eigenvalue weighted by atomic mass is 10.2. The Kier molecular flexibility index (Phi) is 4.81. The van der Waals surface area contributed by atoms with Gasteiger partial charge in [0.2, 0.25) is 0 Å². The van der Waals surface area contributed by atoms with Gasteiger partial charge >= 0.3 is 5.97 Å². The molecule has 1 unspecified atom stereocenters. The van der Waals surface area contributed by atoms with Crippen LogP contribution in [0.5, 0.6) is 0 Å². The van der Waals surface area contributed by atoms with Crippen LogP contribution in [-0.2, 0) is 4.74 Å². The number of ketones is 1. The summed E-state index contributed by atoms with van der Waals surface area (Å²) in [4.78, 5) is 27.7. The molecule has 0 spiro atoms. The Bertz CT molecular complexity index is 481. The van der Waals surface area contributed by atoms with E-state index in [9.17, 15) is 9.59 Å². The first kappa shape index (κ1) is 14.3. The summed E-state index contributed by atoms with van der Waals surface area (Å²) in [7, 11) is 1.29. The summed E-state index contributed by atoms with van der Waals surface area (Å²) < 4.78 is 4.65. The van der Waals surface area contributed by atoms with E-state index in [1.165, 1.54) is 37.5 Å². The molecule has 1 fully saturated rings. The first-order valence-electron chi connectivity index (χ1n) is 6.06. The van der Waals surface area contributed by atoms with Gasteiger partial charge < -0.3 is 10.1 Å². The standard InChI is InChI=1S/C12H16N2O3S2/c1-7(15)10-9(11(16)17-2)14-12(19-10)13-8-4-3-5-18-6-8/h8H,3-6H2,1-2H3,(H,13,14). The van der Waals surface area contributed by atoms with E-state index in [0.717, 1.165) is 12.2 Å². The van der Waals surface area contributed by atoms with Crippen molar-refractivity contribution in [1.82, 2.24) is 4.98 Å². The fourth-order valence-corrected chi connectivity index (χ4v) is 3.88. The van der Waals surface area contributed by atoms with Gasteiger partial charge in [-0.05, 0) is 18.6 Å². The number of esters is 1. The van der Waals surface area contributed by atoms with Crippen LogP contribution in [0, 0.1) is 0 Å². The molecule has 2 rings (SSSR count). The number of hydrogen-bond donors (Lipinski definition) is 1. The fourth-order valence-electron chi connectivity index (χ4n) is 1.88. The van der Waals surface area contributed by atoms with Crippen molar-refractivity contribution in [1.29, 1.82) is 0 Å². The zero-order chi connectivity index (χ0) is 13.8. The molecular weight excluding hydrogens is 284 g/mol. The van der Waals surface area contributed by atoms with E-state index < -0.39 is 5.97 Å². The number of anilines is 1. The van der Waals surface area contributed by atoms with Crippen LogP contribution in [0.3, 0.4) is 0 Å². The third-order valence-corrected chi connectivity index (χ3v) is 5.12. The highest BCUT2D eigenvalue weighted by Crippen LogP contribution is 2.27. The molecule has 0 aliphatic carbocycles. The normalized spacial score (nSPS) is 18.9. The Morgan fingerprint density at radius 1 is 1.47 bits per heavy atom. The van der Waals surface area contributed by atoms with E-state index in [-0.39, 0.29) is 11.5 Å². The van der Waals surface area contributed by atoms with Crippen LogP contribution in [0.25, 0.3) is 0 Å². The molecule has 104 valence electrons. The van der Waals surface area contributed by atoms with E-state index in [0.29, 0.717) is 16.1 Å². The van der Waals surface area contributed by atoms with E-state index in [4.69, 9.17) is 0 Å². The maximum absolute atomic E-state index is 11.6. The summed E-state index contributed by atoms with van der Waals surface area (Å²) in [6.07, 6.45) is 2.27. The van der Waals surface area contributed by atoms with Gasteiger partial charge in [0.1, 0.15) is 4.88 Å². The van der Waals surface area contributed by atoms with Crippen LogP contribution in [-0.4, -0.2) is 41.4 Å². The van der Waals surface area contributed by atoms with Gasteiger partial charge in [0, 0.05) is 18.7 Å². The molecular formula is C12H16N2O3S2. The van der Waals surface area contributed by atoms with Crippen LogP contribution in [0.4, 0.5) is 5.13 Å². The SMILES string of the molecule is COC(=O)c1nc(NC2CCCSC2)sc1C(C)=O. The third kappa shape index (κ3) is 3.48. The molecule has 0 aromatic carbocycles. The van der Waals surface area contributed by atoms with Crippen LogP contribution in [0.2, 0.25) is 0 Å². The number of ether oxygens (including phenoxy) is 1. The van der Waals surface area contributed by atoms with Crippen molar-refractivity contribution < 1.29 is 14.3 Å². The highest BCUT2D eigenvalue weighted by Gasteiger charge is 2.23. The Morgan fingerprint density at radius 2 is 2.26 bits per heavy atom. The average Bonchev–Trinajstić information content (AvgIpc) is 2.83. The number of methoxy groups -OCH3 is 1. The summed E-state index contributed by atoms with van der Waals surface area (Å²) in [5.74, 6) is 1.50. The topological polar surface area (TPSA) is 68.3 Å². The molecule has 2 heterocycles. The van der Waals surface area contributed by atoms with Gasteiger partial charge in [0.05, 0.1) is 7.11 Å². The molecule has 5 nitrogen and oxygen atoms in total. The molecule has 1 atom stereocenters. The minimum absolute atomic E-state index is 0.117. The van der Waals surface area contributed by atoms with E-state index in [2.05, 4.69) is 15.0 Å². The highest BCUT2D eigenvalue weighted by atomic mass is 32.2. The maximum Gasteiger partial charge on any atom is 0.358 e. The van der Waals surface area contributed by atoms with Crippen molar-refractivity contribution in [2.45, 2.75) is 25.8 Å². The summed E-state index contributed by atoms with van der Waals surface area (Å²) in [6, 6.07) is 0.357. The average molecular weight is 300 g/mol. The molecule has 1 aliphatic heterocycles. The lowest BCUT2D eigenvalue weighted by Gasteiger charge is -2.21. The number of rotatable bonds is 4. The lowest BCUT2D eigenvalue weighted by molar-refractivity contribution is 0.0591. The smallest absolute Gasteiger partial charge is 0.358 e. The summed E-state index contributed by atoms with van der Waals surface area (Å²) in [5.41, 5.74) is 0.117. The van der Waals surface area contributed by atoms with Crippen molar-refractivity contribution in [3.05, 3.63) is 10.6 Å². The lowest BCUT2D eigenvalue weighted by Crippen LogP contribution is -2.25. The van der Waals surface area contributed by atoms with Crippen LogP contribution < -0.4 is 5.32 Å². The van der Waals surface area contributed by atoms with Crippen molar-refractivity contribution >= 4 is 40.0 Å². The third-order valence-electron chi connectivity index (χ3n) is 2.81. The number of nitrogens with zero attached hydrogens (tertiary/aromatic N) is 1. The molecule has 19 heavy (non-hydrogen) atoms. The predicted octanol–water partition coefficient (Wildman–Crippen LogP) is 2.44. The second kappa shape index (κ2) is 6.38. The second-order valence-electron chi connectivity index (χ2n) is 4.30. The largest absolute Gasteiger partial charge is 0.464 e. The molecule has 1 saturated heterocycles. The molecule has 1 aromatic heterocycles. The number of thioether (sulfide) groups is 1. The molecule has 7 heteroatoms. The monoisotopic (exact) mass is 300 g/mol. The predicted molar refractivity (Wildman–Crippen MR) is 77.4 cm³/mol. The number of hydrogen-bond acceptors (Lipinski definition) is 7. The quantitative estimate of drug-likeness (QED) is 0.680. The van der Waals surface area contributed by atoms with Crippen molar-refractivity contribution in [3.8, 4) is 0 Å². The molecule has 1 aromatic rings. The first-order valence-corrected chi connectivity index (χ1v) is 8.03. The van der Waals surface area contributed by atoms with Gasteiger partial charge in [-0.1, -0.05) is 11.3 Å². The van der Waals surface area contributed by atoms with Crippen molar-refractivity contribution in [2.24, 2.45) is 0 Å². The Hall–Kier alpha value is -1.08. The van der Waals surface area contributed by atoms with Crippen molar-refractivity contribution in [3.63, 3.8) is 0 Å². The Labute approximate surface area is 120 Å². The Morgan fingerprint density at radius 3 is 2.84 bits per heavy atom. The van der Waals surface area contributed by atoms with Gasteiger partial charge in [0.15, 0.2) is 16.6 Å². The molecule has 0 bridgehead atoms. The number of aromatic nitrogens is 1. The van der Waals surface area contributed by atoms with E-state index >= 15 is 0 Å². The van der Waals surface area contributed by atoms with Crippen LogP contribution in [0.1, 0.15) is 39.9 Å². The van der Waals surface area contributed by atoms with Crippen LogP contribution in [0.15, 0.2) is 0 Å². The summed E-state index contributed by atoms with van der Waals surface area (Å²) >= 11 is 3.13. The van der Waals surface area contributed by atoms with Crippen LogP contribution >= 0.6 is 23.1 Å².